The van der Waals surface area contributed by atoms with Gasteiger partial charge in [-0.1, -0.05) is 6.07 Å². The number of ether oxygens (including phenoxy) is 2. The molecule has 0 aromatic carbocycles. The fraction of sp³-hybridized carbons (Fsp3) is 0.353. The molecule has 0 aliphatic rings. The molecular weight excluding hydrogens is 330 g/mol. The number of thiophene rings is 1. The van der Waals surface area contributed by atoms with Crippen LogP contribution in [0.25, 0.3) is 0 Å². The van der Waals surface area contributed by atoms with Crippen molar-refractivity contribution in [3.8, 4) is 0 Å². The van der Waals surface area contributed by atoms with Gasteiger partial charge in [0, 0.05) is 5.69 Å². The normalized spacial score (nSPS) is 10.7. The second kappa shape index (κ2) is 7.44. The summed E-state index contributed by atoms with van der Waals surface area (Å²) in [6.45, 7) is 6.47. The van der Waals surface area contributed by atoms with Crippen molar-refractivity contribution in [3.05, 3.63) is 44.9 Å². The van der Waals surface area contributed by atoms with Crippen molar-refractivity contribution in [1.29, 1.82) is 0 Å². The van der Waals surface area contributed by atoms with Gasteiger partial charge in [0.2, 0.25) is 5.78 Å². The number of carbonyl (C=O) groups is 3. The number of carbonyl (C=O) groups excluding carboxylic acids is 3. The van der Waals surface area contributed by atoms with Gasteiger partial charge in [0.25, 0.3) is 0 Å². The quantitative estimate of drug-likeness (QED) is 0.639. The van der Waals surface area contributed by atoms with Crippen LogP contribution in [0.4, 0.5) is 0 Å². The highest BCUT2D eigenvalue weighted by Gasteiger charge is 2.25. The summed E-state index contributed by atoms with van der Waals surface area (Å²) in [4.78, 5) is 39.6. The number of hydrogen-bond donors (Lipinski definition) is 1. The Kier molecular flexibility index (Phi) is 5.56. The topological polar surface area (TPSA) is 85.5 Å². The maximum atomic E-state index is 12.2. The lowest BCUT2D eigenvalue weighted by atomic mass is 10.1. The molecule has 2 aromatic rings. The van der Waals surface area contributed by atoms with Crippen LogP contribution in [-0.2, 0) is 9.47 Å². The number of hydrogen-bond acceptors (Lipinski definition) is 6. The Morgan fingerprint density at radius 1 is 1.21 bits per heavy atom. The van der Waals surface area contributed by atoms with Crippen LogP contribution in [-0.4, -0.2) is 35.4 Å². The Morgan fingerprint density at radius 3 is 2.50 bits per heavy atom. The molecule has 24 heavy (non-hydrogen) atoms. The third-order valence-electron chi connectivity index (χ3n) is 3.32. The van der Waals surface area contributed by atoms with E-state index in [1.807, 2.05) is 0 Å². The minimum absolute atomic E-state index is 0.155. The first-order chi connectivity index (χ1) is 11.3. The zero-order valence-corrected chi connectivity index (χ0v) is 14.8. The lowest BCUT2D eigenvalue weighted by Gasteiger charge is -2.08. The minimum atomic E-state index is -0.677. The molecule has 0 aliphatic heterocycles. The number of Topliss-reactive ketones (excluding diaryl/α,β-unsaturated/α-hetero) is 1. The molecule has 0 saturated carbocycles. The van der Waals surface area contributed by atoms with Gasteiger partial charge < -0.3 is 14.5 Å². The van der Waals surface area contributed by atoms with Crippen LogP contribution >= 0.6 is 11.3 Å². The Bertz CT molecular complexity index is 758. The fourth-order valence-electron chi connectivity index (χ4n) is 2.24. The second-order valence-corrected chi connectivity index (χ2v) is 6.50. The summed E-state index contributed by atoms with van der Waals surface area (Å²) >= 11 is 1.29. The van der Waals surface area contributed by atoms with Gasteiger partial charge in [-0.3, -0.25) is 4.79 Å². The first-order valence-electron chi connectivity index (χ1n) is 7.45. The highest BCUT2D eigenvalue weighted by Crippen LogP contribution is 2.20. The Labute approximate surface area is 143 Å². The van der Waals surface area contributed by atoms with Crippen LogP contribution in [0.1, 0.15) is 55.6 Å². The van der Waals surface area contributed by atoms with Crippen LogP contribution in [0.2, 0.25) is 0 Å². The van der Waals surface area contributed by atoms with Crippen LogP contribution < -0.4 is 0 Å². The molecule has 1 N–H and O–H groups in total. The van der Waals surface area contributed by atoms with Crippen molar-refractivity contribution < 1.29 is 23.9 Å². The largest absolute Gasteiger partial charge is 0.459 e. The SMILES string of the molecule is Cc1[nH]c(C(=O)OCC(=O)c2cccs2)c(C)c1C(=O)OC(C)C. The van der Waals surface area contributed by atoms with Gasteiger partial charge in [-0.25, -0.2) is 9.59 Å². The molecule has 0 amide bonds. The summed E-state index contributed by atoms with van der Waals surface area (Å²) in [5.74, 6) is -1.44. The number of rotatable bonds is 6. The summed E-state index contributed by atoms with van der Waals surface area (Å²) in [6.07, 6.45) is -0.259. The third kappa shape index (κ3) is 3.91. The summed E-state index contributed by atoms with van der Waals surface area (Å²) < 4.78 is 10.2. The molecule has 0 radical (unpaired) electrons. The van der Waals surface area contributed by atoms with Crippen molar-refractivity contribution in [3.63, 3.8) is 0 Å². The van der Waals surface area contributed by atoms with E-state index in [-0.39, 0.29) is 24.2 Å². The van der Waals surface area contributed by atoms with E-state index in [0.29, 0.717) is 21.7 Å². The molecule has 2 rings (SSSR count). The Balaban J connectivity index is 2.10. The summed E-state index contributed by atoms with van der Waals surface area (Å²) in [7, 11) is 0. The van der Waals surface area contributed by atoms with Crippen molar-refractivity contribution in [1.82, 2.24) is 4.98 Å². The maximum absolute atomic E-state index is 12.2. The summed E-state index contributed by atoms with van der Waals surface area (Å²) in [5.41, 5.74) is 1.45. The van der Waals surface area contributed by atoms with E-state index >= 15 is 0 Å². The lowest BCUT2D eigenvalue weighted by Crippen LogP contribution is -2.15. The molecular formula is C17H19NO5S. The highest BCUT2D eigenvalue weighted by atomic mass is 32.1. The highest BCUT2D eigenvalue weighted by molar-refractivity contribution is 7.12. The van der Waals surface area contributed by atoms with Gasteiger partial charge in [0.05, 0.1) is 16.5 Å². The monoisotopic (exact) mass is 349 g/mol. The van der Waals surface area contributed by atoms with Gasteiger partial charge in [-0.15, -0.1) is 11.3 Å². The number of esters is 2. The van der Waals surface area contributed by atoms with Crippen molar-refractivity contribution in [2.24, 2.45) is 0 Å². The van der Waals surface area contributed by atoms with E-state index in [4.69, 9.17) is 9.47 Å². The van der Waals surface area contributed by atoms with E-state index in [0.717, 1.165) is 0 Å². The van der Waals surface area contributed by atoms with Gasteiger partial charge in [-0.2, -0.15) is 0 Å². The number of aromatic nitrogens is 1. The summed E-state index contributed by atoms with van der Waals surface area (Å²) in [6, 6.07) is 3.43. The summed E-state index contributed by atoms with van der Waals surface area (Å²) in [5, 5.41) is 1.78. The predicted molar refractivity (Wildman–Crippen MR) is 89.8 cm³/mol. The van der Waals surface area contributed by atoms with Crippen molar-refractivity contribution in [2.45, 2.75) is 33.8 Å². The number of H-pyrrole nitrogens is 1. The number of ketones is 1. The minimum Gasteiger partial charge on any atom is -0.459 e. The van der Waals surface area contributed by atoms with E-state index in [1.165, 1.54) is 11.3 Å². The number of aryl methyl sites for hydroxylation is 1. The lowest BCUT2D eigenvalue weighted by molar-refractivity contribution is 0.0376. The molecule has 0 aliphatic carbocycles. The zero-order chi connectivity index (χ0) is 17.9. The third-order valence-corrected chi connectivity index (χ3v) is 4.23. The molecule has 0 atom stereocenters. The Hall–Kier alpha value is -2.41. The second-order valence-electron chi connectivity index (χ2n) is 5.56. The van der Waals surface area contributed by atoms with E-state index in [2.05, 4.69) is 4.98 Å². The van der Waals surface area contributed by atoms with Gasteiger partial charge in [-0.05, 0) is 44.7 Å². The van der Waals surface area contributed by atoms with Gasteiger partial charge >= 0.3 is 11.9 Å². The van der Waals surface area contributed by atoms with E-state index in [1.54, 1.807) is 45.2 Å². The number of aromatic amines is 1. The molecule has 0 saturated heterocycles. The molecule has 2 heterocycles. The Morgan fingerprint density at radius 2 is 1.92 bits per heavy atom. The molecule has 0 bridgehead atoms. The smallest absolute Gasteiger partial charge is 0.355 e. The van der Waals surface area contributed by atoms with Gasteiger partial charge in [0.1, 0.15) is 5.69 Å². The standard InChI is InChI=1S/C17H19NO5S/c1-9(2)23-16(20)14-10(3)15(18-11(14)4)17(21)22-8-12(19)13-6-5-7-24-13/h5-7,9,18H,8H2,1-4H3. The molecule has 6 nitrogen and oxygen atoms in total. The average Bonchev–Trinajstić information content (AvgIpc) is 3.12. The molecule has 2 aromatic heterocycles. The zero-order valence-electron chi connectivity index (χ0n) is 14.0. The van der Waals surface area contributed by atoms with Gasteiger partial charge in [0.15, 0.2) is 6.61 Å². The predicted octanol–water partition coefficient (Wildman–Crippen LogP) is 3.30. The van der Waals surface area contributed by atoms with E-state index < -0.39 is 11.9 Å². The molecule has 7 heteroatoms. The number of nitrogens with one attached hydrogen (secondary N) is 1. The first-order valence-corrected chi connectivity index (χ1v) is 8.33. The molecule has 0 spiro atoms. The average molecular weight is 349 g/mol. The van der Waals surface area contributed by atoms with Crippen LogP contribution in [0, 0.1) is 13.8 Å². The maximum Gasteiger partial charge on any atom is 0.355 e. The van der Waals surface area contributed by atoms with Crippen LogP contribution in [0.3, 0.4) is 0 Å². The molecule has 128 valence electrons. The van der Waals surface area contributed by atoms with Crippen LogP contribution in [0.5, 0.6) is 0 Å². The van der Waals surface area contributed by atoms with E-state index in [9.17, 15) is 14.4 Å². The van der Waals surface area contributed by atoms with Crippen LogP contribution in [0.15, 0.2) is 17.5 Å². The van der Waals surface area contributed by atoms with Crippen molar-refractivity contribution >= 4 is 29.1 Å². The first kappa shape index (κ1) is 17.9. The molecule has 0 unspecified atom stereocenters. The molecule has 0 fully saturated rings. The van der Waals surface area contributed by atoms with Crippen molar-refractivity contribution in [2.75, 3.05) is 6.61 Å². The fourth-order valence-corrected chi connectivity index (χ4v) is 2.90.